The lowest BCUT2D eigenvalue weighted by molar-refractivity contribution is -0.141. The van der Waals surface area contributed by atoms with Crippen molar-refractivity contribution < 1.29 is 17.6 Å². The number of likely N-dealkylation sites (tertiary alicyclic amines) is 1. The van der Waals surface area contributed by atoms with Gasteiger partial charge in [-0.15, -0.1) is 0 Å². The number of halogens is 4. The molecule has 1 unspecified atom stereocenters. The van der Waals surface area contributed by atoms with Crippen LogP contribution in [0.2, 0.25) is 0 Å². The highest BCUT2D eigenvalue weighted by molar-refractivity contribution is 5.37. The number of piperidine rings is 1. The van der Waals surface area contributed by atoms with E-state index in [4.69, 9.17) is 0 Å². The Bertz CT molecular complexity index is 722. The fourth-order valence-corrected chi connectivity index (χ4v) is 2.92. The molecule has 1 fully saturated rings. The van der Waals surface area contributed by atoms with Crippen LogP contribution < -0.4 is 5.32 Å². The summed E-state index contributed by atoms with van der Waals surface area (Å²) < 4.78 is 51.4. The van der Waals surface area contributed by atoms with Crippen molar-refractivity contribution in [2.24, 2.45) is 0 Å². The number of aromatic nitrogens is 3. The number of alkyl halides is 3. The second-order valence-electron chi connectivity index (χ2n) is 6.02. The summed E-state index contributed by atoms with van der Waals surface area (Å²) in [5, 5.41) is 3.04. The molecular weight excluding hydrogens is 338 g/mol. The monoisotopic (exact) mass is 355 g/mol. The largest absolute Gasteiger partial charge is 0.433 e. The molecule has 1 saturated heterocycles. The molecule has 1 aliphatic heterocycles. The van der Waals surface area contributed by atoms with E-state index in [0.29, 0.717) is 13.1 Å². The van der Waals surface area contributed by atoms with Crippen molar-refractivity contribution in [3.63, 3.8) is 0 Å². The summed E-state index contributed by atoms with van der Waals surface area (Å²) in [6.45, 7) is 2.01. The highest BCUT2D eigenvalue weighted by Crippen LogP contribution is 2.28. The number of nitrogens with one attached hydrogen (secondary N) is 1. The highest BCUT2D eigenvalue weighted by atomic mass is 19.4. The minimum absolute atomic E-state index is 0.0359. The van der Waals surface area contributed by atoms with Gasteiger partial charge in [-0.25, -0.2) is 14.4 Å². The van der Waals surface area contributed by atoms with Crippen LogP contribution in [0, 0.1) is 5.82 Å². The molecule has 1 atom stereocenters. The molecule has 3 rings (SSSR count). The minimum Gasteiger partial charge on any atom is -0.366 e. The van der Waals surface area contributed by atoms with Crippen molar-refractivity contribution in [2.75, 3.05) is 18.4 Å². The maximum absolute atomic E-state index is 13.2. The third-order valence-corrected chi connectivity index (χ3v) is 3.98. The SMILES string of the molecule is Fc1cncc(CN2CCCC(Nc3cc(C(F)(F)F)ncn3)C2)c1. The molecule has 25 heavy (non-hydrogen) atoms. The van der Waals surface area contributed by atoms with Gasteiger partial charge in [-0.1, -0.05) is 0 Å². The highest BCUT2D eigenvalue weighted by Gasteiger charge is 2.33. The third-order valence-electron chi connectivity index (χ3n) is 3.98. The number of hydrogen-bond acceptors (Lipinski definition) is 5. The molecule has 9 heteroatoms. The van der Waals surface area contributed by atoms with Gasteiger partial charge in [0, 0.05) is 31.4 Å². The molecule has 1 aliphatic rings. The molecule has 2 aromatic heterocycles. The molecule has 3 heterocycles. The third kappa shape index (κ3) is 4.85. The zero-order valence-electron chi connectivity index (χ0n) is 13.3. The molecule has 0 aliphatic carbocycles. The quantitative estimate of drug-likeness (QED) is 0.854. The summed E-state index contributed by atoms with van der Waals surface area (Å²) in [5.74, 6) is -0.230. The first-order valence-electron chi connectivity index (χ1n) is 7.88. The number of rotatable bonds is 4. The lowest BCUT2D eigenvalue weighted by atomic mass is 10.0. The Labute approximate surface area is 142 Å². The van der Waals surface area contributed by atoms with E-state index in [-0.39, 0.29) is 17.7 Å². The summed E-state index contributed by atoms with van der Waals surface area (Å²) in [5.41, 5.74) is -0.203. The Morgan fingerprint density at radius 2 is 2.04 bits per heavy atom. The predicted molar refractivity (Wildman–Crippen MR) is 83.2 cm³/mol. The number of anilines is 1. The van der Waals surface area contributed by atoms with Crippen molar-refractivity contribution in [3.05, 3.63) is 47.9 Å². The van der Waals surface area contributed by atoms with Gasteiger partial charge in [-0.3, -0.25) is 9.88 Å². The number of pyridine rings is 1. The van der Waals surface area contributed by atoms with Crippen molar-refractivity contribution in [3.8, 4) is 0 Å². The second-order valence-corrected chi connectivity index (χ2v) is 6.02. The first-order chi connectivity index (χ1) is 11.9. The topological polar surface area (TPSA) is 53.9 Å². The van der Waals surface area contributed by atoms with Crippen molar-refractivity contribution >= 4 is 5.82 Å². The molecule has 0 amide bonds. The van der Waals surface area contributed by atoms with Crippen LogP contribution in [0.5, 0.6) is 0 Å². The van der Waals surface area contributed by atoms with Gasteiger partial charge in [0.25, 0.3) is 0 Å². The summed E-state index contributed by atoms with van der Waals surface area (Å²) >= 11 is 0. The molecule has 134 valence electrons. The molecule has 1 N–H and O–H groups in total. The van der Waals surface area contributed by atoms with E-state index in [0.717, 1.165) is 43.5 Å². The average molecular weight is 355 g/mol. The van der Waals surface area contributed by atoms with Gasteiger partial charge >= 0.3 is 6.18 Å². The van der Waals surface area contributed by atoms with E-state index in [9.17, 15) is 17.6 Å². The molecule has 0 saturated carbocycles. The Kier molecular flexibility index (Phi) is 5.12. The maximum atomic E-state index is 13.2. The maximum Gasteiger partial charge on any atom is 0.433 e. The fraction of sp³-hybridized carbons (Fsp3) is 0.438. The molecule has 2 aromatic rings. The second kappa shape index (κ2) is 7.30. The lowest BCUT2D eigenvalue weighted by Gasteiger charge is -2.33. The van der Waals surface area contributed by atoms with E-state index in [2.05, 4.69) is 25.2 Å². The van der Waals surface area contributed by atoms with Crippen LogP contribution in [0.1, 0.15) is 24.1 Å². The van der Waals surface area contributed by atoms with Gasteiger partial charge in [0.05, 0.1) is 6.20 Å². The number of nitrogens with zero attached hydrogens (tertiary/aromatic N) is 4. The van der Waals surface area contributed by atoms with Crippen LogP contribution in [0.4, 0.5) is 23.4 Å². The van der Waals surface area contributed by atoms with Crippen LogP contribution in [0.25, 0.3) is 0 Å². The Morgan fingerprint density at radius 3 is 2.80 bits per heavy atom. The lowest BCUT2D eigenvalue weighted by Crippen LogP contribution is -2.41. The number of hydrogen-bond donors (Lipinski definition) is 1. The fourth-order valence-electron chi connectivity index (χ4n) is 2.92. The minimum atomic E-state index is -4.50. The van der Waals surface area contributed by atoms with Crippen molar-refractivity contribution in [1.82, 2.24) is 19.9 Å². The van der Waals surface area contributed by atoms with E-state index < -0.39 is 11.9 Å². The first kappa shape index (κ1) is 17.5. The van der Waals surface area contributed by atoms with Crippen LogP contribution in [-0.4, -0.2) is 39.0 Å². The smallest absolute Gasteiger partial charge is 0.366 e. The Hall–Kier alpha value is -2.29. The molecule has 0 aromatic carbocycles. The van der Waals surface area contributed by atoms with Crippen LogP contribution >= 0.6 is 0 Å². The van der Waals surface area contributed by atoms with Crippen LogP contribution in [0.3, 0.4) is 0 Å². The zero-order valence-corrected chi connectivity index (χ0v) is 13.3. The van der Waals surface area contributed by atoms with Gasteiger partial charge in [-0.05, 0) is 31.0 Å². The standard InChI is InChI=1S/C16H17F4N5/c17-12-4-11(6-21-7-12)8-25-3-1-2-13(9-25)24-15-5-14(16(18,19)20)22-10-23-15/h4-7,10,13H,1-3,8-9H2,(H,22,23,24). The van der Waals surface area contributed by atoms with Gasteiger partial charge in [0.15, 0.2) is 0 Å². The van der Waals surface area contributed by atoms with Gasteiger partial charge in [0.2, 0.25) is 0 Å². The zero-order chi connectivity index (χ0) is 17.9. The summed E-state index contributed by atoms with van der Waals surface area (Å²) in [7, 11) is 0. The Balaban J connectivity index is 1.62. The summed E-state index contributed by atoms with van der Waals surface area (Å²) in [6.07, 6.45) is 0.880. The van der Waals surface area contributed by atoms with E-state index >= 15 is 0 Å². The molecule has 5 nitrogen and oxygen atoms in total. The van der Waals surface area contributed by atoms with Crippen LogP contribution in [0.15, 0.2) is 30.9 Å². The summed E-state index contributed by atoms with van der Waals surface area (Å²) in [4.78, 5) is 13.1. The van der Waals surface area contributed by atoms with Crippen molar-refractivity contribution in [2.45, 2.75) is 31.6 Å². The summed E-state index contributed by atoms with van der Waals surface area (Å²) in [6, 6.07) is 2.31. The Morgan fingerprint density at radius 1 is 1.20 bits per heavy atom. The van der Waals surface area contributed by atoms with E-state index in [1.54, 1.807) is 6.20 Å². The molecule has 0 spiro atoms. The van der Waals surface area contributed by atoms with Gasteiger partial charge in [0.1, 0.15) is 23.7 Å². The predicted octanol–water partition coefficient (Wildman–Crippen LogP) is 3.11. The van der Waals surface area contributed by atoms with Crippen LogP contribution in [-0.2, 0) is 12.7 Å². The normalized spacial score (nSPS) is 19.0. The average Bonchev–Trinajstić information content (AvgIpc) is 2.55. The molecule has 0 radical (unpaired) electrons. The van der Waals surface area contributed by atoms with E-state index in [1.165, 1.54) is 6.07 Å². The molecular formula is C16H17F4N5. The van der Waals surface area contributed by atoms with Gasteiger partial charge < -0.3 is 5.32 Å². The van der Waals surface area contributed by atoms with E-state index in [1.807, 2.05) is 0 Å². The molecule has 0 bridgehead atoms. The van der Waals surface area contributed by atoms with Crippen molar-refractivity contribution in [1.29, 1.82) is 0 Å². The first-order valence-corrected chi connectivity index (χ1v) is 7.88. The van der Waals surface area contributed by atoms with Gasteiger partial charge in [-0.2, -0.15) is 13.2 Å².